The van der Waals surface area contributed by atoms with E-state index in [0.29, 0.717) is 31.3 Å². The van der Waals surface area contributed by atoms with E-state index >= 15 is 0 Å². The lowest BCUT2D eigenvalue weighted by atomic mass is 10.1. The third kappa shape index (κ3) is 3.33. The Bertz CT molecular complexity index is 855. The van der Waals surface area contributed by atoms with E-state index in [4.69, 9.17) is 9.15 Å². The van der Waals surface area contributed by atoms with Gasteiger partial charge in [0.2, 0.25) is 5.88 Å². The highest BCUT2D eigenvalue weighted by Gasteiger charge is 2.29. The molecule has 1 amide bonds. The Labute approximate surface area is 145 Å². The largest absolute Gasteiger partial charge is 0.476 e. The molecule has 1 unspecified atom stereocenters. The maximum Gasteiger partial charge on any atom is 0.289 e. The van der Waals surface area contributed by atoms with Gasteiger partial charge in [0.05, 0.1) is 12.3 Å². The first-order chi connectivity index (χ1) is 12.2. The van der Waals surface area contributed by atoms with Gasteiger partial charge in [-0.1, -0.05) is 18.2 Å². The third-order valence-electron chi connectivity index (χ3n) is 4.45. The molecule has 6 heteroatoms. The minimum absolute atomic E-state index is 0.0613. The van der Waals surface area contributed by atoms with Crippen LogP contribution in [0.2, 0.25) is 0 Å². The molecule has 128 valence electrons. The number of furan rings is 1. The molecule has 0 radical (unpaired) electrons. The van der Waals surface area contributed by atoms with Gasteiger partial charge in [-0.2, -0.15) is 5.10 Å². The third-order valence-corrected chi connectivity index (χ3v) is 4.45. The van der Waals surface area contributed by atoms with Gasteiger partial charge in [-0.3, -0.25) is 4.79 Å². The molecule has 2 aromatic heterocycles. The molecular formula is C19H19N3O3. The standard InChI is InChI=1S/C19H19N3O3/c1-13-6-7-18(21-20-13)24-12-14-8-9-22(11-14)19(23)17-10-15-4-2-3-5-16(15)25-17/h2-7,10,14H,8-9,11-12H2,1H3. The van der Waals surface area contributed by atoms with E-state index < -0.39 is 0 Å². The number of aromatic nitrogens is 2. The number of para-hydroxylation sites is 1. The van der Waals surface area contributed by atoms with Crippen LogP contribution in [0.3, 0.4) is 0 Å². The van der Waals surface area contributed by atoms with Gasteiger partial charge in [-0.05, 0) is 31.5 Å². The van der Waals surface area contributed by atoms with Gasteiger partial charge in [0.15, 0.2) is 5.76 Å². The van der Waals surface area contributed by atoms with Gasteiger partial charge in [0, 0.05) is 30.5 Å². The molecular weight excluding hydrogens is 318 g/mol. The highest BCUT2D eigenvalue weighted by atomic mass is 16.5. The number of benzene rings is 1. The van der Waals surface area contributed by atoms with E-state index in [0.717, 1.165) is 23.1 Å². The summed E-state index contributed by atoms with van der Waals surface area (Å²) in [7, 11) is 0. The summed E-state index contributed by atoms with van der Waals surface area (Å²) in [5.41, 5.74) is 1.60. The molecule has 1 aromatic carbocycles. The van der Waals surface area contributed by atoms with Gasteiger partial charge in [0.25, 0.3) is 5.91 Å². The number of ether oxygens (including phenoxy) is 1. The average Bonchev–Trinajstić information content (AvgIpc) is 3.27. The number of carbonyl (C=O) groups excluding carboxylic acids is 1. The Balaban J connectivity index is 1.36. The Kier molecular flexibility index (Phi) is 4.09. The molecule has 0 spiro atoms. The van der Waals surface area contributed by atoms with Gasteiger partial charge >= 0.3 is 0 Å². The second-order valence-electron chi connectivity index (χ2n) is 6.38. The molecule has 1 atom stereocenters. The maximum absolute atomic E-state index is 12.6. The van der Waals surface area contributed by atoms with Gasteiger partial charge in [-0.15, -0.1) is 5.10 Å². The van der Waals surface area contributed by atoms with Crippen LogP contribution in [0, 0.1) is 12.8 Å². The van der Waals surface area contributed by atoms with Gasteiger partial charge < -0.3 is 14.1 Å². The number of carbonyl (C=O) groups is 1. The van der Waals surface area contributed by atoms with Crippen LogP contribution in [0.5, 0.6) is 5.88 Å². The number of aryl methyl sites for hydroxylation is 1. The molecule has 1 aliphatic rings. The average molecular weight is 337 g/mol. The summed E-state index contributed by atoms with van der Waals surface area (Å²) in [5, 5.41) is 8.92. The van der Waals surface area contributed by atoms with Crippen LogP contribution in [0.4, 0.5) is 0 Å². The molecule has 0 N–H and O–H groups in total. The van der Waals surface area contributed by atoms with Crippen molar-refractivity contribution < 1.29 is 13.9 Å². The number of nitrogens with zero attached hydrogens (tertiary/aromatic N) is 3. The first-order valence-electron chi connectivity index (χ1n) is 8.40. The number of hydrogen-bond acceptors (Lipinski definition) is 5. The molecule has 0 bridgehead atoms. The van der Waals surface area contributed by atoms with Crippen LogP contribution in [0.15, 0.2) is 46.9 Å². The second kappa shape index (κ2) is 6.55. The zero-order valence-electron chi connectivity index (χ0n) is 14.0. The molecule has 3 heterocycles. The predicted octanol–water partition coefficient (Wildman–Crippen LogP) is 3.07. The number of fused-ring (bicyclic) bond motifs is 1. The summed E-state index contributed by atoms with van der Waals surface area (Å²) >= 11 is 0. The topological polar surface area (TPSA) is 68.5 Å². The monoisotopic (exact) mass is 337 g/mol. The van der Waals surface area contributed by atoms with Crippen molar-refractivity contribution in [3.8, 4) is 5.88 Å². The lowest BCUT2D eigenvalue weighted by Crippen LogP contribution is -2.29. The number of rotatable bonds is 4. The second-order valence-corrected chi connectivity index (χ2v) is 6.38. The molecule has 1 fully saturated rings. The molecule has 1 saturated heterocycles. The zero-order chi connectivity index (χ0) is 17.2. The van der Waals surface area contributed by atoms with Crippen LogP contribution in [-0.4, -0.2) is 40.7 Å². The molecule has 3 aromatic rings. The first kappa shape index (κ1) is 15.6. The van der Waals surface area contributed by atoms with Gasteiger partial charge in [-0.25, -0.2) is 0 Å². The number of hydrogen-bond donors (Lipinski definition) is 0. The van der Waals surface area contributed by atoms with Crippen molar-refractivity contribution in [3.63, 3.8) is 0 Å². The van der Waals surface area contributed by atoms with E-state index in [1.807, 2.05) is 54.3 Å². The lowest BCUT2D eigenvalue weighted by molar-refractivity contribution is 0.0753. The van der Waals surface area contributed by atoms with E-state index in [1.54, 1.807) is 0 Å². The summed E-state index contributed by atoms with van der Waals surface area (Å²) < 4.78 is 11.4. The SMILES string of the molecule is Cc1ccc(OCC2CCN(C(=O)c3cc4ccccc4o3)C2)nn1. The Hall–Kier alpha value is -2.89. The minimum atomic E-state index is -0.0613. The maximum atomic E-state index is 12.6. The summed E-state index contributed by atoms with van der Waals surface area (Å²) in [6, 6.07) is 13.1. The van der Waals surface area contributed by atoms with Gasteiger partial charge in [0.1, 0.15) is 5.58 Å². The fourth-order valence-electron chi connectivity index (χ4n) is 3.06. The van der Waals surface area contributed by atoms with Crippen molar-refractivity contribution in [3.05, 3.63) is 53.9 Å². The number of likely N-dealkylation sites (tertiary alicyclic amines) is 1. The van der Waals surface area contributed by atoms with Crippen molar-refractivity contribution in [1.29, 1.82) is 0 Å². The highest BCUT2D eigenvalue weighted by molar-refractivity contribution is 5.96. The first-order valence-corrected chi connectivity index (χ1v) is 8.40. The van der Waals surface area contributed by atoms with Crippen LogP contribution < -0.4 is 4.74 Å². The van der Waals surface area contributed by atoms with E-state index in [-0.39, 0.29) is 11.8 Å². The van der Waals surface area contributed by atoms with E-state index in [2.05, 4.69) is 10.2 Å². The quantitative estimate of drug-likeness (QED) is 0.732. The Morgan fingerprint density at radius 1 is 1.28 bits per heavy atom. The van der Waals surface area contributed by atoms with E-state index in [1.165, 1.54) is 0 Å². The molecule has 0 aliphatic carbocycles. The van der Waals surface area contributed by atoms with Crippen molar-refractivity contribution >= 4 is 16.9 Å². The van der Waals surface area contributed by atoms with Crippen molar-refractivity contribution in [2.24, 2.45) is 5.92 Å². The van der Waals surface area contributed by atoms with Crippen molar-refractivity contribution in [2.45, 2.75) is 13.3 Å². The zero-order valence-corrected chi connectivity index (χ0v) is 14.0. The van der Waals surface area contributed by atoms with Crippen LogP contribution >= 0.6 is 0 Å². The normalized spacial score (nSPS) is 17.2. The summed E-state index contributed by atoms with van der Waals surface area (Å²) in [5.74, 6) is 1.14. The van der Waals surface area contributed by atoms with E-state index in [9.17, 15) is 4.79 Å². The highest BCUT2D eigenvalue weighted by Crippen LogP contribution is 2.24. The van der Waals surface area contributed by atoms with Crippen LogP contribution in [0.25, 0.3) is 11.0 Å². The molecule has 0 saturated carbocycles. The van der Waals surface area contributed by atoms with Crippen molar-refractivity contribution in [1.82, 2.24) is 15.1 Å². The lowest BCUT2D eigenvalue weighted by Gasteiger charge is -2.15. The fraction of sp³-hybridized carbons (Fsp3) is 0.316. The minimum Gasteiger partial charge on any atom is -0.476 e. The molecule has 4 rings (SSSR count). The van der Waals surface area contributed by atoms with Crippen LogP contribution in [-0.2, 0) is 0 Å². The summed E-state index contributed by atoms with van der Waals surface area (Å²) in [6.45, 7) is 3.79. The fourth-order valence-corrected chi connectivity index (χ4v) is 3.06. The molecule has 25 heavy (non-hydrogen) atoms. The van der Waals surface area contributed by atoms with Crippen molar-refractivity contribution in [2.75, 3.05) is 19.7 Å². The molecule has 6 nitrogen and oxygen atoms in total. The Morgan fingerprint density at radius 2 is 2.16 bits per heavy atom. The predicted molar refractivity (Wildman–Crippen MR) is 92.5 cm³/mol. The van der Waals surface area contributed by atoms with Crippen LogP contribution in [0.1, 0.15) is 22.7 Å². The molecule has 1 aliphatic heterocycles. The smallest absolute Gasteiger partial charge is 0.289 e. The summed E-state index contributed by atoms with van der Waals surface area (Å²) in [4.78, 5) is 14.5. The Morgan fingerprint density at radius 3 is 2.96 bits per heavy atom. The number of amides is 1. The summed E-state index contributed by atoms with van der Waals surface area (Å²) in [6.07, 6.45) is 0.908.